The molecule has 0 aromatic heterocycles. The average Bonchev–Trinajstić information content (AvgIpc) is 2.91. The summed E-state index contributed by atoms with van der Waals surface area (Å²) in [7, 11) is 2.06. The maximum absolute atomic E-state index is 12.9. The van der Waals surface area contributed by atoms with E-state index in [1.54, 1.807) is 4.90 Å². The van der Waals surface area contributed by atoms with E-state index in [0.29, 0.717) is 13.2 Å². The number of nitrogens with zero attached hydrogens (tertiary/aromatic N) is 2. The van der Waals surface area contributed by atoms with Gasteiger partial charge in [-0.3, -0.25) is 9.59 Å². The average molecular weight is 295 g/mol. The molecule has 0 bridgehead atoms. The molecule has 6 heteroatoms. The van der Waals surface area contributed by atoms with E-state index in [9.17, 15) is 9.59 Å². The standard InChI is InChI=1S/C15H25N3O3/c1-11-13(19)16-15(5-3-4-6-15)14(20)18(11)10-12-9-17(2)7-8-21-12/h11-12H,3-10H2,1-2H3,(H,16,19). The lowest BCUT2D eigenvalue weighted by molar-refractivity contribution is -0.157. The van der Waals surface area contributed by atoms with Crippen LogP contribution in [0.25, 0.3) is 0 Å². The van der Waals surface area contributed by atoms with Gasteiger partial charge in [0.2, 0.25) is 11.8 Å². The van der Waals surface area contributed by atoms with Crippen molar-refractivity contribution in [2.45, 2.75) is 50.3 Å². The van der Waals surface area contributed by atoms with Gasteiger partial charge in [-0.2, -0.15) is 0 Å². The molecule has 1 aliphatic carbocycles. The lowest BCUT2D eigenvalue weighted by atomic mass is 9.91. The molecule has 0 aromatic carbocycles. The summed E-state index contributed by atoms with van der Waals surface area (Å²) < 4.78 is 5.77. The number of rotatable bonds is 2. The smallest absolute Gasteiger partial charge is 0.249 e. The summed E-state index contributed by atoms with van der Waals surface area (Å²) in [5.41, 5.74) is -0.635. The Morgan fingerprint density at radius 2 is 2.05 bits per heavy atom. The van der Waals surface area contributed by atoms with Crippen LogP contribution in [0.5, 0.6) is 0 Å². The van der Waals surface area contributed by atoms with Gasteiger partial charge >= 0.3 is 0 Å². The summed E-state index contributed by atoms with van der Waals surface area (Å²) in [4.78, 5) is 29.1. The summed E-state index contributed by atoms with van der Waals surface area (Å²) in [5.74, 6) is 0.0598. The Labute approximate surface area is 125 Å². The first-order chi connectivity index (χ1) is 10.0. The largest absolute Gasteiger partial charge is 0.374 e. The van der Waals surface area contributed by atoms with Crippen LogP contribution in [-0.4, -0.2) is 72.6 Å². The highest BCUT2D eigenvalue weighted by Crippen LogP contribution is 2.34. The van der Waals surface area contributed by atoms with Crippen LogP contribution in [0, 0.1) is 0 Å². The van der Waals surface area contributed by atoms with Gasteiger partial charge in [-0.05, 0) is 26.8 Å². The van der Waals surface area contributed by atoms with Gasteiger partial charge < -0.3 is 19.9 Å². The maximum atomic E-state index is 12.9. The fraction of sp³-hybridized carbons (Fsp3) is 0.867. The van der Waals surface area contributed by atoms with Crippen molar-refractivity contribution >= 4 is 11.8 Å². The third kappa shape index (κ3) is 2.66. The van der Waals surface area contributed by atoms with Gasteiger partial charge in [0, 0.05) is 19.6 Å². The summed E-state index contributed by atoms with van der Waals surface area (Å²) in [5, 5.41) is 2.99. The van der Waals surface area contributed by atoms with Gasteiger partial charge in [-0.15, -0.1) is 0 Å². The molecule has 0 radical (unpaired) electrons. The molecule has 2 atom stereocenters. The van der Waals surface area contributed by atoms with Crippen LogP contribution in [0.4, 0.5) is 0 Å². The monoisotopic (exact) mass is 295 g/mol. The number of nitrogens with one attached hydrogen (secondary N) is 1. The number of ether oxygens (including phenoxy) is 1. The molecule has 118 valence electrons. The highest BCUT2D eigenvalue weighted by atomic mass is 16.5. The Balaban J connectivity index is 1.75. The van der Waals surface area contributed by atoms with E-state index in [2.05, 4.69) is 17.3 Å². The van der Waals surface area contributed by atoms with Crippen LogP contribution in [0.15, 0.2) is 0 Å². The summed E-state index contributed by atoms with van der Waals surface area (Å²) >= 11 is 0. The number of carbonyl (C=O) groups excluding carboxylic acids is 2. The Hall–Kier alpha value is -1.14. The molecule has 6 nitrogen and oxygen atoms in total. The number of hydrogen-bond acceptors (Lipinski definition) is 4. The Bertz CT molecular complexity index is 434. The van der Waals surface area contributed by atoms with Crippen LogP contribution in [0.2, 0.25) is 0 Å². The Kier molecular flexibility index (Phi) is 3.92. The van der Waals surface area contributed by atoms with Crippen molar-refractivity contribution in [2.75, 3.05) is 33.3 Å². The van der Waals surface area contributed by atoms with E-state index in [-0.39, 0.29) is 17.9 Å². The van der Waals surface area contributed by atoms with Crippen LogP contribution in [0.3, 0.4) is 0 Å². The molecule has 0 aromatic rings. The van der Waals surface area contributed by atoms with Crippen molar-refractivity contribution in [3.8, 4) is 0 Å². The summed E-state index contributed by atoms with van der Waals surface area (Å²) in [6.07, 6.45) is 3.56. The van der Waals surface area contributed by atoms with Gasteiger partial charge in [0.1, 0.15) is 11.6 Å². The third-order valence-electron chi connectivity index (χ3n) is 5.08. The van der Waals surface area contributed by atoms with Gasteiger partial charge in [-0.25, -0.2) is 0 Å². The van der Waals surface area contributed by atoms with E-state index < -0.39 is 11.6 Å². The van der Waals surface area contributed by atoms with E-state index >= 15 is 0 Å². The van der Waals surface area contributed by atoms with Crippen molar-refractivity contribution in [2.24, 2.45) is 0 Å². The van der Waals surface area contributed by atoms with Crippen LogP contribution >= 0.6 is 0 Å². The molecule has 1 N–H and O–H groups in total. The van der Waals surface area contributed by atoms with E-state index in [1.807, 2.05) is 6.92 Å². The predicted octanol–water partition coefficient (Wildman–Crippen LogP) is -0.0233. The quantitative estimate of drug-likeness (QED) is 0.777. The van der Waals surface area contributed by atoms with Gasteiger partial charge in [0.15, 0.2) is 0 Å². The fourth-order valence-electron chi connectivity index (χ4n) is 3.74. The zero-order valence-electron chi connectivity index (χ0n) is 12.9. The molecule has 1 saturated carbocycles. The molecule has 3 fully saturated rings. The molecule has 2 saturated heterocycles. The second kappa shape index (κ2) is 5.57. The zero-order chi connectivity index (χ0) is 15.0. The molecule has 1 spiro atoms. The second-order valence-electron chi connectivity index (χ2n) is 6.67. The molecule has 2 heterocycles. The molecule has 2 aliphatic heterocycles. The number of morpholine rings is 1. The Morgan fingerprint density at radius 3 is 2.71 bits per heavy atom. The number of likely N-dealkylation sites (N-methyl/N-ethyl adjacent to an activating group) is 1. The van der Waals surface area contributed by atoms with Crippen molar-refractivity contribution in [1.29, 1.82) is 0 Å². The van der Waals surface area contributed by atoms with Crippen LogP contribution in [-0.2, 0) is 14.3 Å². The molecule has 2 unspecified atom stereocenters. The molecule has 21 heavy (non-hydrogen) atoms. The molecule has 3 rings (SSSR count). The van der Waals surface area contributed by atoms with Crippen molar-refractivity contribution in [3.63, 3.8) is 0 Å². The maximum Gasteiger partial charge on any atom is 0.249 e. The summed E-state index contributed by atoms with van der Waals surface area (Å²) in [6.45, 7) is 4.74. The molecular formula is C15H25N3O3. The van der Waals surface area contributed by atoms with Crippen molar-refractivity contribution < 1.29 is 14.3 Å². The van der Waals surface area contributed by atoms with Crippen molar-refractivity contribution in [1.82, 2.24) is 15.1 Å². The van der Waals surface area contributed by atoms with Crippen LogP contribution in [0.1, 0.15) is 32.6 Å². The Morgan fingerprint density at radius 1 is 1.33 bits per heavy atom. The third-order valence-corrected chi connectivity index (χ3v) is 5.08. The first kappa shape index (κ1) is 14.8. The van der Waals surface area contributed by atoms with Gasteiger partial charge in [-0.1, -0.05) is 12.8 Å². The SMILES string of the molecule is CC1C(=O)NC2(CCCC2)C(=O)N1CC1CN(C)CCO1. The normalized spacial score (nSPS) is 33.5. The van der Waals surface area contributed by atoms with Gasteiger partial charge in [0.05, 0.1) is 12.7 Å². The first-order valence-corrected chi connectivity index (χ1v) is 7.95. The second-order valence-corrected chi connectivity index (χ2v) is 6.67. The number of carbonyl (C=O) groups is 2. The number of piperazine rings is 1. The van der Waals surface area contributed by atoms with E-state index in [0.717, 1.165) is 38.8 Å². The minimum absolute atomic E-state index is 0.000460. The van der Waals surface area contributed by atoms with Gasteiger partial charge in [0.25, 0.3) is 0 Å². The fourth-order valence-corrected chi connectivity index (χ4v) is 3.74. The van der Waals surface area contributed by atoms with Crippen LogP contribution < -0.4 is 5.32 Å². The van der Waals surface area contributed by atoms with E-state index in [1.165, 1.54) is 0 Å². The lowest BCUT2D eigenvalue weighted by Crippen LogP contribution is -2.70. The molecular weight excluding hydrogens is 270 g/mol. The topological polar surface area (TPSA) is 61.9 Å². The molecule has 3 aliphatic rings. The summed E-state index contributed by atoms with van der Waals surface area (Å²) in [6, 6.07) is -0.403. The highest BCUT2D eigenvalue weighted by Gasteiger charge is 2.51. The predicted molar refractivity (Wildman–Crippen MR) is 77.8 cm³/mol. The minimum Gasteiger partial charge on any atom is -0.374 e. The van der Waals surface area contributed by atoms with E-state index in [4.69, 9.17) is 4.74 Å². The first-order valence-electron chi connectivity index (χ1n) is 7.95. The zero-order valence-corrected chi connectivity index (χ0v) is 12.9. The highest BCUT2D eigenvalue weighted by molar-refractivity contribution is 5.99. The lowest BCUT2D eigenvalue weighted by Gasteiger charge is -2.45. The number of hydrogen-bond donors (Lipinski definition) is 1. The van der Waals surface area contributed by atoms with Crippen molar-refractivity contribution in [3.05, 3.63) is 0 Å². The number of amides is 2. The minimum atomic E-state index is -0.635. The molecule has 2 amide bonds.